The molecule has 6 aromatic rings. The molecule has 0 nitrogen and oxygen atoms in total. The van der Waals surface area contributed by atoms with E-state index < -0.39 is 0 Å². The minimum absolute atomic E-state index is 0.322. The van der Waals surface area contributed by atoms with E-state index in [-0.39, 0.29) is 5.41 Å². The number of rotatable bonds is 1. The van der Waals surface area contributed by atoms with Gasteiger partial charge in [0.2, 0.25) is 0 Å². The average molecular weight is 457 g/mol. The van der Waals surface area contributed by atoms with Crippen molar-refractivity contribution in [3.63, 3.8) is 0 Å². The Bertz CT molecular complexity index is 1840. The van der Waals surface area contributed by atoms with E-state index in [9.17, 15) is 0 Å². The Morgan fingerprint density at radius 2 is 1.17 bits per heavy atom. The van der Waals surface area contributed by atoms with E-state index in [2.05, 4.69) is 134 Å². The molecule has 0 amide bonds. The van der Waals surface area contributed by atoms with E-state index in [1.165, 1.54) is 72.0 Å². The topological polar surface area (TPSA) is 0 Å². The van der Waals surface area contributed by atoms with Crippen LogP contribution < -0.4 is 0 Å². The molecule has 0 aliphatic heterocycles. The highest BCUT2D eigenvalue weighted by molar-refractivity contribution is 6.06. The van der Waals surface area contributed by atoms with E-state index in [1.54, 1.807) is 0 Å². The van der Waals surface area contributed by atoms with E-state index in [0.29, 0.717) is 0 Å². The maximum Gasteiger partial charge on any atom is 0.0726 e. The highest BCUT2D eigenvalue weighted by Gasteiger charge is 2.52. The minimum atomic E-state index is -0.322. The first kappa shape index (κ1) is 19.8. The SMILES string of the molecule is Cc1ccc2c(c1)C1(c3cc(-c4ccccc4)ccc3-2)c2ccccc2-c2c1ccc1ccccc21. The fourth-order valence-electron chi connectivity index (χ4n) is 6.88. The highest BCUT2D eigenvalue weighted by atomic mass is 14.5. The number of fused-ring (bicyclic) bond motifs is 12. The third kappa shape index (κ3) is 2.39. The lowest BCUT2D eigenvalue weighted by molar-refractivity contribution is 0.793. The molecule has 2 aliphatic rings. The van der Waals surface area contributed by atoms with Crippen LogP contribution in [0.25, 0.3) is 44.2 Å². The van der Waals surface area contributed by atoms with Crippen LogP contribution in [0.2, 0.25) is 0 Å². The van der Waals surface area contributed by atoms with Gasteiger partial charge < -0.3 is 0 Å². The smallest absolute Gasteiger partial charge is 0.0622 e. The fourth-order valence-corrected chi connectivity index (χ4v) is 6.88. The summed E-state index contributed by atoms with van der Waals surface area (Å²) in [6.45, 7) is 2.22. The summed E-state index contributed by atoms with van der Waals surface area (Å²) in [5, 5.41) is 2.63. The molecule has 1 atom stereocenters. The largest absolute Gasteiger partial charge is 0.0726 e. The minimum Gasteiger partial charge on any atom is -0.0622 e. The maximum absolute atomic E-state index is 2.46. The number of aryl methyl sites for hydroxylation is 1. The van der Waals surface area contributed by atoms with Crippen LogP contribution in [0.3, 0.4) is 0 Å². The monoisotopic (exact) mass is 456 g/mol. The molecule has 0 saturated heterocycles. The van der Waals surface area contributed by atoms with Crippen LogP contribution in [0, 0.1) is 6.92 Å². The Hall–Kier alpha value is -4.42. The predicted octanol–water partition coefficient (Wildman–Crippen LogP) is 9.16. The Morgan fingerprint density at radius 1 is 0.444 bits per heavy atom. The zero-order valence-electron chi connectivity index (χ0n) is 20.1. The summed E-state index contributed by atoms with van der Waals surface area (Å²) in [4.78, 5) is 0. The molecule has 0 fully saturated rings. The zero-order chi connectivity index (χ0) is 23.9. The van der Waals surface area contributed by atoms with Crippen molar-refractivity contribution in [1.82, 2.24) is 0 Å². The molecule has 0 heterocycles. The summed E-state index contributed by atoms with van der Waals surface area (Å²) < 4.78 is 0. The van der Waals surface area contributed by atoms with E-state index in [1.807, 2.05) is 0 Å². The van der Waals surface area contributed by atoms with Gasteiger partial charge in [-0.1, -0.05) is 127 Å². The van der Waals surface area contributed by atoms with E-state index in [4.69, 9.17) is 0 Å². The molecule has 1 spiro atoms. The lowest BCUT2D eigenvalue weighted by Crippen LogP contribution is -2.26. The highest BCUT2D eigenvalue weighted by Crippen LogP contribution is 2.64. The average Bonchev–Trinajstić information content (AvgIpc) is 3.40. The number of hydrogen-bond acceptors (Lipinski definition) is 0. The lowest BCUT2D eigenvalue weighted by atomic mass is 9.70. The molecule has 36 heavy (non-hydrogen) atoms. The fraction of sp³-hybridized carbons (Fsp3) is 0.0556. The zero-order valence-corrected chi connectivity index (χ0v) is 20.1. The standard InChI is InChI=1S/C36H24/c1-23-15-18-28-29-19-16-26(24-9-3-2-4-10-24)22-34(29)36(33(28)21-23)31-14-8-7-13-30(31)35-27-12-6-5-11-25(27)17-20-32(35)36/h2-22H,1H3. The summed E-state index contributed by atoms with van der Waals surface area (Å²) in [7, 11) is 0. The Labute approximate surface area is 211 Å². The van der Waals surface area contributed by atoms with Gasteiger partial charge in [0.25, 0.3) is 0 Å². The van der Waals surface area contributed by atoms with E-state index in [0.717, 1.165) is 0 Å². The van der Waals surface area contributed by atoms with Crippen LogP contribution in [0.1, 0.15) is 27.8 Å². The maximum atomic E-state index is 2.46. The molecule has 0 saturated carbocycles. The predicted molar refractivity (Wildman–Crippen MR) is 150 cm³/mol. The molecular formula is C36H24. The van der Waals surface area contributed by atoms with Crippen LogP contribution in [0.5, 0.6) is 0 Å². The van der Waals surface area contributed by atoms with Crippen molar-refractivity contribution < 1.29 is 0 Å². The Kier molecular flexibility index (Phi) is 3.89. The number of benzene rings is 6. The first-order valence-corrected chi connectivity index (χ1v) is 12.7. The molecule has 0 N–H and O–H groups in total. The molecular weight excluding hydrogens is 432 g/mol. The van der Waals surface area contributed by atoms with Gasteiger partial charge in [-0.05, 0) is 79.4 Å². The van der Waals surface area contributed by atoms with Crippen LogP contribution in [0.15, 0.2) is 127 Å². The van der Waals surface area contributed by atoms with Crippen molar-refractivity contribution in [1.29, 1.82) is 0 Å². The van der Waals surface area contributed by atoms with E-state index >= 15 is 0 Å². The van der Waals surface area contributed by atoms with Gasteiger partial charge in [-0.25, -0.2) is 0 Å². The van der Waals surface area contributed by atoms with Crippen molar-refractivity contribution in [3.05, 3.63) is 155 Å². The quantitative estimate of drug-likeness (QED) is 0.231. The first-order valence-electron chi connectivity index (χ1n) is 12.7. The van der Waals surface area contributed by atoms with Crippen molar-refractivity contribution in [3.8, 4) is 33.4 Å². The van der Waals surface area contributed by atoms with Crippen LogP contribution in [-0.4, -0.2) is 0 Å². The van der Waals surface area contributed by atoms with Gasteiger partial charge in [0, 0.05) is 0 Å². The number of hydrogen-bond donors (Lipinski definition) is 0. The summed E-state index contributed by atoms with van der Waals surface area (Å²) in [6, 6.07) is 47.5. The third-order valence-corrected chi connectivity index (χ3v) is 8.33. The second-order valence-electron chi connectivity index (χ2n) is 10.2. The van der Waals surface area contributed by atoms with Crippen molar-refractivity contribution in [2.75, 3.05) is 0 Å². The van der Waals surface area contributed by atoms with Gasteiger partial charge >= 0.3 is 0 Å². The molecule has 6 aromatic carbocycles. The molecule has 8 rings (SSSR count). The third-order valence-electron chi connectivity index (χ3n) is 8.33. The van der Waals surface area contributed by atoms with Gasteiger partial charge in [-0.2, -0.15) is 0 Å². The van der Waals surface area contributed by atoms with Crippen molar-refractivity contribution in [2.45, 2.75) is 12.3 Å². The molecule has 0 radical (unpaired) electrons. The Morgan fingerprint density at radius 3 is 2.06 bits per heavy atom. The van der Waals surface area contributed by atoms with Gasteiger partial charge in [-0.3, -0.25) is 0 Å². The molecule has 168 valence electrons. The summed E-state index contributed by atoms with van der Waals surface area (Å²) >= 11 is 0. The summed E-state index contributed by atoms with van der Waals surface area (Å²) in [5.74, 6) is 0. The van der Waals surface area contributed by atoms with Gasteiger partial charge in [0.1, 0.15) is 0 Å². The molecule has 0 aromatic heterocycles. The lowest BCUT2D eigenvalue weighted by Gasteiger charge is -2.31. The van der Waals surface area contributed by atoms with Crippen LogP contribution >= 0.6 is 0 Å². The van der Waals surface area contributed by atoms with Gasteiger partial charge in [0.15, 0.2) is 0 Å². The first-order chi connectivity index (χ1) is 17.8. The van der Waals surface area contributed by atoms with Gasteiger partial charge in [0.05, 0.1) is 5.41 Å². The normalized spacial score (nSPS) is 16.6. The summed E-state index contributed by atoms with van der Waals surface area (Å²) in [5.41, 5.74) is 14.5. The molecule has 2 aliphatic carbocycles. The Balaban J connectivity index is 1.56. The van der Waals surface area contributed by atoms with Gasteiger partial charge in [-0.15, -0.1) is 0 Å². The second kappa shape index (κ2) is 7.06. The van der Waals surface area contributed by atoms with Crippen molar-refractivity contribution >= 4 is 10.8 Å². The molecule has 1 unspecified atom stereocenters. The second-order valence-corrected chi connectivity index (χ2v) is 10.2. The van der Waals surface area contributed by atoms with Crippen molar-refractivity contribution in [2.24, 2.45) is 0 Å². The van der Waals surface area contributed by atoms with Crippen LogP contribution in [0.4, 0.5) is 0 Å². The van der Waals surface area contributed by atoms with Crippen LogP contribution in [-0.2, 0) is 5.41 Å². The summed E-state index contributed by atoms with van der Waals surface area (Å²) in [6.07, 6.45) is 0. The molecule has 0 heteroatoms. The molecule has 0 bridgehead atoms.